The summed E-state index contributed by atoms with van der Waals surface area (Å²) in [5, 5.41) is 3.18. The van der Waals surface area contributed by atoms with E-state index in [1.807, 2.05) is 34.7 Å². The van der Waals surface area contributed by atoms with Gasteiger partial charge in [0, 0.05) is 13.1 Å². The van der Waals surface area contributed by atoms with Gasteiger partial charge in [-0.1, -0.05) is 0 Å². The Morgan fingerprint density at radius 3 is 2.00 bits per heavy atom. The lowest BCUT2D eigenvalue weighted by atomic mass is 9.95. The van der Waals surface area contributed by atoms with Crippen LogP contribution in [0.4, 0.5) is 0 Å². The van der Waals surface area contributed by atoms with Crippen LogP contribution >= 0.6 is 12.4 Å². The fraction of sp³-hybridized carbons (Fsp3) is 0.667. The maximum absolute atomic E-state index is 13.3. The minimum atomic E-state index is -3.43. The third-order valence-electron chi connectivity index (χ3n) is 5.50. The van der Waals surface area contributed by atoms with Crippen molar-refractivity contribution in [1.82, 2.24) is 9.62 Å². The molecule has 1 heterocycles. The first-order chi connectivity index (χ1) is 10.7. The third-order valence-corrected chi connectivity index (χ3v) is 7.64. The van der Waals surface area contributed by atoms with Crippen LogP contribution in [-0.4, -0.2) is 39.4 Å². The van der Waals surface area contributed by atoms with Crippen LogP contribution in [0.1, 0.15) is 40.7 Å². The topological polar surface area (TPSA) is 49.4 Å². The number of benzene rings is 1. The van der Waals surface area contributed by atoms with Gasteiger partial charge in [-0.25, -0.2) is 8.42 Å². The summed E-state index contributed by atoms with van der Waals surface area (Å²) in [7, 11) is -1.51. The molecule has 0 radical (unpaired) electrons. The van der Waals surface area contributed by atoms with E-state index in [1.54, 1.807) is 4.31 Å². The van der Waals surface area contributed by atoms with Crippen LogP contribution in [0.2, 0.25) is 0 Å². The first-order valence-electron chi connectivity index (χ1n) is 8.43. The molecular weight excluding hydrogens is 344 g/mol. The lowest BCUT2D eigenvalue weighted by Crippen LogP contribution is -2.42. The number of rotatable bonds is 4. The lowest BCUT2D eigenvalue weighted by molar-refractivity contribution is 0.263. The molecule has 1 aromatic carbocycles. The highest BCUT2D eigenvalue weighted by Gasteiger charge is 2.33. The molecule has 4 nitrogen and oxygen atoms in total. The van der Waals surface area contributed by atoms with Crippen molar-refractivity contribution >= 4 is 22.4 Å². The Labute approximate surface area is 153 Å². The van der Waals surface area contributed by atoms with E-state index in [9.17, 15) is 8.42 Å². The predicted molar refractivity (Wildman–Crippen MR) is 103 cm³/mol. The number of hydrogen-bond donors (Lipinski definition) is 1. The second-order valence-electron chi connectivity index (χ2n) is 6.88. The molecule has 1 atom stereocenters. The van der Waals surface area contributed by atoms with Gasteiger partial charge in [-0.3, -0.25) is 0 Å². The number of sulfonamides is 1. The molecule has 0 aliphatic carbocycles. The molecular formula is C18H31ClN2O2S. The highest BCUT2D eigenvalue weighted by molar-refractivity contribution is 7.89. The van der Waals surface area contributed by atoms with E-state index in [1.165, 1.54) is 5.56 Å². The summed E-state index contributed by atoms with van der Waals surface area (Å²) < 4.78 is 28.3. The Balaban J connectivity index is 0.00000288. The molecule has 1 aromatic rings. The zero-order chi connectivity index (χ0) is 17.4. The Bertz CT molecular complexity index is 670. The van der Waals surface area contributed by atoms with Gasteiger partial charge in [-0.2, -0.15) is 4.31 Å². The summed E-state index contributed by atoms with van der Waals surface area (Å²) in [5.74, 6) is 0.400. The normalized spacial score (nSPS) is 19.2. The van der Waals surface area contributed by atoms with Crippen LogP contribution in [0, 0.1) is 40.5 Å². The lowest BCUT2D eigenvalue weighted by Gasteiger charge is -2.33. The summed E-state index contributed by atoms with van der Waals surface area (Å²) in [6.45, 7) is 12.1. The molecule has 0 amide bonds. The van der Waals surface area contributed by atoms with Crippen molar-refractivity contribution in [3.8, 4) is 0 Å². The monoisotopic (exact) mass is 374 g/mol. The molecule has 2 rings (SSSR count). The standard InChI is InChI=1S/C18H30N2O2S.ClH/c1-12-13(2)15(4)18(16(5)14(12)3)23(21,22)20-9-7-8-17(11-20)10-19-6;/h17,19H,7-11H2,1-6H3;1H. The largest absolute Gasteiger partial charge is 0.319 e. The number of nitrogens with zero attached hydrogens (tertiary/aromatic N) is 1. The predicted octanol–water partition coefficient (Wildman–Crippen LogP) is 3.27. The molecule has 1 aliphatic rings. The first-order valence-corrected chi connectivity index (χ1v) is 9.87. The summed E-state index contributed by atoms with van der Waals surface area (Å²) in [6.07, 6.45) is 2.03. The molecule has 0 aromatic heterocycles. The van der Waals surface area contributed by atoms with E-state index in [-0.39, 0.29) is 12.4 Å². The van der Waals surface area contributed by atoms with E-state index >= 15 is 0 Å². The van der Waals surface area contributed by atoms with Gasteiger partial charge < -0.3 is 5.32 Å². The minimum Gasteiger partial charge on any atom is -0.319 e. The van der Waals surface area contributed by atoms with Crippen molar-refractivity contribution in [3.63, 3.8) is 0 Å². The zero-order valence-corrected chi connectivity index (χ0v) is 17.3. The van der Waals surface area contributed by atoms with Gasteiger partial charge in [0.15, 0.2) is 0 Å². The van der Waals surface area contributed by atoms with Crippen LogP contribution < -0.4 is 5.32 Å². The number of piperidine rings is 1. The highest BCUT2D eigenvalue weighted by atomic mass is 35.5. The average molecular weight is 375 g/mol. The Hall–Kier alpha value is -0.620. The quantitative estimate of drug-likeness (QED) is 0.879. The van der Waals surface area contributed by atoms with E-state index in [0.29, 0.717) is 23.9 Å². The van der Waals surface area contributed by atoms with Gasteiger partial charge in [0.1, 0.15) is 0 Å². The Kier molecular flexibility index (Phi) is 7.29. The number of halogens is 1. The smallest absolute Gasteiger partial charge is 0.243 e. The van der Waals surface area contributed by atoms with Crippen molar-refractivity contribution in [2.75, 3.05) is 26.7 Å². The summed E-state index contributed by atoms with van der Waals surface area (Å²) >= 11 is 0. The molecule has 0 spiro atoms. The van der Waals surface area contributed by atoms with Crippen LogP contribution in [0.3, 0.4) is 0 Å². The van der Waals surface area contributed by atoms with E-state index in [2.05, 4.69) is 12.2 Å². The van der Waals surface area contributed by atoms with E-state index < -0.39 is 10.0 Å². The second kappa shape index (κ2) is 8.17. The van der Waals surface area contributed by atoms with Crippen LogP contribution in [-0.2, 0) is 10.0 Å². The van der Waals surface area contributed by atoms with Crippen molar-refractivity contribution in [3.05, 3.63) is 27.8 Å². The van der Waals surface area contributed by atoms with Gasteiger partial charge in [-0.15, -0.1) is 12.4 Å². The fourth-order valence-corrected chi connectivity index (χ4v) is 5.80. The summed E-state index contributed by atoms with van der Waals surface area (Å²) in [5.41, 5.74) is 5.19. The Morgan fingerprint density at radius 2 is 1.50 bits per heavy atom. The van der Waals surface area contributed by atoms with Crippen LogP contribution in [0.5, 0.6) is 0 Å². The van der Waals surface area contributed by atoms with Crippen molar-refractivity contribution < 1.29 is 8.42 Å². The van der Waals surface area contributed by atoms with Crippen molar-refractivity contribution in [1.29, 1.82) is 0 Å². The molecule has 1 saturated heterocycles. The second-order valence-corrected chi connectivity index (χ2v) is 8.76. The van der Waals surface area contributed by atoms with Crippen molar-refractivity contribution in [2.45, 2.75) is 52.4 Å². The minimum absolute atomic E-state index is 0. The number of hydrogen-bond acceptors (Lipinski definition) is 3. The van der Waals surface area contributed by atoms with E-state index in [0.717, 1.165) is 41.6 Å². The maximum atomic E-state index is 13.3. The molecule has 0 saturated carbocycles. The SMILES string of the molecule is CNCC1CCCN(S(=O)(=O)c2c(C)c(C)c(C)c(C)c2C)C1.Cl. The summed E-state index contributed by atoms with van der Waals surface area (Å²) in [6, 6.07) is 0. The molecule has 0 bridgehead atoms. The maximum Gasteiger partial charge on any atom is 0.243 e. The molecule has 138 valence electrons. The van der Waals surface area contributed by atoms with Gasteiger partial charge in [0.25, 0.3) is 0 Å². The highest BCUT2D eigenvalue weighted by Crippen LogP contribution is 2.33. The van der Waals surface area contributed by atoms with Gasteiger partial charge in [0.2, 0.25) is 10.0 Å². The molecule has 1 unspecified atom stereocenters. The van der Waals surface area contributed by atoms with Crippen molar-refractivity contribution in [2.24, 2.45) is 5.92 Å². The summed E-state index contributed by atoms with van der Waals surface area (Å²) in [4.78, 5) is 0.531. The molecule has 1 N–H and O–H groups in total. The van der Waals surface area contributed by atoms with Gasteiger partial charge in [0.05, 0.1) is 4.90 Å². The van der Waals surface area contributed by atoms with E-state index in [4.69, 9.17) is 0 Å². The molecule has 1 aliphatic heterocycles. The number of nitrogens with one attached hydrogen (secondary N) is 1. The molecule has 24 heavy (non-hydrogen) atoms. The Morgan fingerprint density at radius 1 is 1.00 bits per heavy atom. The first kappa shape index (κ1) is 21.4. The van der Waals surface area contributed by atoms with Crippen LogP contribution in [0.25, 0.3) is 0 Å². The zero-order valence-electron chi connectivity index (χ0n) is 15.7. The molecule has 6 heteroatoms. The average Bonchev–Trinajstić information content (AvgIpc) is 2.51. The van der Waals surface area contributed by atoms with Crippen LogP contribution in [0.15, 0.2) is 4.90 Å². The third kappa shape index (κ3) is 3.79. The van der Waals surface area contributed by atoms with Gasteiger partial charge in [-0.05, 0) is 94.8 Å². The van der Waals surface area contributed by atoms with Gasteiger partial charge >= 0.3 is 0 Å². The molecule has 1 fully saturated rings. The fourth-order valence-electron chi connectivity index (χ4n) is 3.68.